The number of benzene rings is 2. The van der Waals surface area contributed by atoms with Gasteiger partial charge in [-0.3, -0.25) is 9.69 Å². The van der Waals surface area contributed by atoms with Crippen molar-refractivity contribution in [3.8, 4) is 11.5 Å². The van der Waals surface area contributed by atoms with E-state index < -0.39 is 0 Å². The maximum atomic E-state index is 13.2. The minimum atomic E-state index is -0.0579. The number of nitrogens with one attached hydrogen (secondary N) is 1. The summed E-state index contributed by atoms with van der Waals surface area (Å²) in [6.07, 6.45) is 6.67. The average molecular weight is 531 g/mol. The van der Waals surface area contributed by atoms with Gasteiger partial charge in [0.05, 0.1) is 32.3 Å². The second kappa shape index (κ2) is 12.0. The molecule has 0 atom stereocenters. The van der Waals surface area contributed by atoms with Crippen LogP contribution in [-0.4, -0.2) is 50.9 Å². The second-order valence-electron chi connectivity index (χ2n) is 10.7. The molecule has 2 heterocycles. The Hall–Kier alpha value is -3.72. The van der Waals surface area contributed by atoms with E-state index in [9.17, 15) is 4.79 Å². The summed E-state index contributed by atoms with van der Waals surface area (Å²) in [5, 5.41) is 13.9. The number of fused-ring (bicyclic) bond motifs is 1. The van der Waals surface area contributed by atoms with E-state index in [0.717, 1.165) is 59.2 Å². The molecule has 2 aromatic carbocycles. The predicted molar refractivity (Wildman–Crippen MR) is 151 cm³/mol. The normalized spacial score (nSPS) is 14.3. The fourth-order valence-electron chi connectivity index (χ4n) is 5.75. The highest BCUT2D eigenvalue weighted by molar-refractivity contribution is 5.82. The zero-order valence-electron chi connectivity index (χ0n) is 23.4. The quantitative estimate of drug-likeness (QED) is 0.311. The molecule has 1 aliphatic rings. The van der Waals surface area contributed by atoms with Crippen LogP contribution in [0.4, 0.5) is 0 Å². The van der Waals surface area contributed by atoms with Gasteiger partial charge in [-0.25, -0.2) is 4.68 Å². The number of hydrogen-bond donors (Lipinski definition) is 1. The summed E-state index contributed by atoms with van der Waals surface area (Å²) in [7, 11) is 3.29. The van der Waals surface area contributed by atoms with Gasteiger partial charge in [0, 0.05) is 18.7 Å². The van der Waals surface area contributed by atoms with E-state index >= 15 is 0 Å². The third kappa shape index (κ3) is 6.14. The molecule has 1 aliphatic carbocycles. The Morgan fingerprint density at radius 3 is 2.56 bits per heavy atom. The van der Waals surface area contributed by atoms with Crippen molar-refractivity contribution in [3.63, 3.8) is 0 Å². The van der Waals surface area contributed by atoms with Gasteiger partial charge in [-0.15, -0.1) is 5.10 Å². The maximum Gasteiger partial charge on any atom is 0.252 e. The van der Waals surface area contributed by atoms with E-state index in [1.807, 2.05) is 29.8 Å². The molecule has 9 heteroatoms. The Morgan fingerprint density at radius 2 is 1.79 bits per heavy atom. The molecule has 0 radical (unpaired) electrons. The van der Waals surface area contributed by atoms with Crippen LogP contribution >= 0.6 is 0 Å². The molecule has 1 fully saturated rings. The molecule has 0 unspecified atom stereocenters. The monoisotopic (exact) mass is 530 g/mol. The van der Waals surface area contributed by atoms with Gasteiger partial charge in [0.2, 0.25) is 0 Å². The number of aromatic amines is 1. The van der Waals surface area contributed by atoms with Crippen LogP contribution < -0.4 is 15.0 Å². The molecule has 39 heavy (non-hydrogen) atoms. The molecular weight excluding hydrogens is 492 g/mol. The zero-order chi connectivity index (χ0) is 27.4. The van der Waals surface area contributed by atoms with Gasteiger partial charge in [0.15, 0.2) is 17.3 Å². The van der Waals surface area contributed by atoms with E-state index in [1.165, 1.54) is 24.8 Å². The lowest BCUT2D eigenvalue weighted by atomic mass is 9.95. The van der Waals surface area contributed by atoms with Gasteiger partial charge in [0.25, 0.3) is 5.56 Å². The molecule has 0 spiro atoms. The number of hydrogen-bond acceptors (Lipinski definition) is 7. The lowest BCUT2D eigenvalue weighted by molar-refractivity contribution is 0.235. The molecule has 5 rings (SSSR count). The van der Waals surface area contributed by atoms with Crippen molar-refractivity contribution in [2.75, 3.05) is 20.8 Å². The van der Waals surface area contributed by atoms with Crippen molar-refractivity contribution >= 4 is 10.9 Å². The summed E-state index contributed by atoms with van der Waals surface area (Å²) in [4.78, 5) is 18.6. The van der Waals surface area contributed by atoms with Crippen LogP contribution in [0.5, 0.6) is 11.5 Å². The molecule has 0 aliphatic heterocycles. The van der Waals surface area contributed by atoms with Gasteiger partial charge in [-0.1, -0.05) is 37.0 Å². The van der Waals surface area contributed by atoms with Crippen molar-refractivity contribution in [1.82, 2.24) is 30.1 Å². The first-order chi connectivity index (χ1) is 18.9. The smallest absolute Gasteiger partial charge is 0.252 e. The summed E-state index contributed by atoms with van der Waals surface area (Å²) < 4.78 is 12.9. The van der Waals surface area contributed by atoms with Crippen LogP contribution in [0.1, 0.15) is 66.2 Å². The number of rotatable bonds is 10. The molecular formula is C30H38N6O3. The first kappa shape index (κ1) is 26.9. The molecule has 0 bridgehead atoms. The number of nitrogens with zero attached hydrogens (tertiary/aromatic N) is 5. The summed E-state index contributed by atoms with van der Waals surface area (Å²) in [6, 6.07) is 12.6. The van der Waals surface area contributed by atoms with Crippen LogP contribution in [0.3, 0.4) is 0 Å². The van der Waals surface area contributed by atoms with Crippen molar-refractivity contribution in [2.24, 2.45) is 0 Å². The topological polar surface area (TPSA) is 98.2 Å². The van der Waals surface area contributed by atoms with E-state index in [0.29, 0.717) is 30.6 Å². The first-order valence-corrected chi connectivity index (χ1v) is 13.8. The van der Waals surface area contributed by atoms with Crippen molar-refractivity contribution in [2.45, 2.75) is 71.5 Å². The molecule has 0 saturated heterocycles. The summed E-state index contributed by atoms with van der Waals surface area (Å²) >= 11 is 0. The number of ether oxygens (including phenoxy) is 2. The Kier molecular flexibility index (Phi) is 8.26. The first-order valence-electron chi connectivity index (χ1n) is 13.8. The number of aryl methyl sites for hydroxylation is 2. The van der Waals surface area contributed by atoms with Crippen LogP contribution in [0.15, 0.2) is 41.2 Å². The zero-order valence-corrected chi connectivity index (χ0v) is 23.4. The fraction of sp³-hybridized carbons (Fsp3) is 0.467. The Morgan fingerprint density at radius 1 is 1.00 bits per heavy atom. The van der Waals surface area contributed by atoms with E-state index in [4.69, 9.17) is 9.47 Å². The minimum Gasteiger partial charge on any atom is -0.493 e. The maximum absolute atomic E-state index is 13.2. The Bertz CT molecular complexity index is 1490. The van der Waals surface area contributed by atoms with Gasteiger partial charge < -0.3 is 14.5 Å². The summed E-state index contributed by atoms with van der Waals surface area (Å²) in [5.41, 5.74) is 4.95. The second-order valence-corrected chi connectivity index (χ2v) is 10.7. The van der Waals surface area contributed by atoms with Gasteiger partial charge in [-0.2, -0.15) is 0 Å². The van der Waals surface area contributed by atoms with E-state index in [1.54, 1.807) is 14.2 Å². The van der Waals surface area contributed by atoms with E-state index in [-0.39, 0.29) is 5.56 Å². The van der Waals surface area contributed by atoms with Gasteiger partial charge in [0.1, 0.15) is 0 Å². The lowest BCUT2D eigenvalue weighted by Gasteiger charge is -2.25. The number of H-pyrrole nitrogens is 1. The number of methoxy groups -OCH3 is 2. The number of aromatic nitrogens is 5. The van der Waals surface area contributed by atoms with Crippen LogP contribution in [0, 0.1) is 13.8 Å². The molecule has 4 aromatic rings. The number of pyridine rings is 1. The van der Waals surface area contributed by atoms with Crippen molar-refractivity contribution in [1.29, 1.82) is 0 Å². The minimum absolute atomic E-state index is 0.0579. The third-order valence-corrected chi connectivity index (χ3v) is 7.78. The highest BCUT2D eigenvalue weighted by Gasteiger charge is 2.22. The van der Waals surface area contributed by atoms with Crippen molar-refractivity contribution in [3.05, 3.63) is 74.8 Å². The Balaban J connectivity index is 1.43. The fourth-order valence-corrected chi connectivity index (χ4v) is 5.75. The molecule has 1 saturated carbocycles. The average Bonchev–Trinajstić information content (AvgIpc) is 3.41. The summed E-state index contributed by atoms with van der Waals surface area (Å²) in [5.74, 6) is 2.26. The molecule has 206 valence electrons. The standard InChI is InChI=1S/C30H38N6O3/c1-20-14-21(2)29-23(15-20)17-24(30(37)31-29)18-35(13-12-22-10-11-26(38-3)27(16-22)39-4)19-28-32-33-34-36(28)25-8-6-5-7-9-25/h10-11,14-17,25H,5-9,12-13,18-19H2,1-4H3,(H,31,37). The highest BCUT2D eigenvalue weighted by atomic mass is 16.5. The van der Waals surface area contributed by atoms with Crippen LogP contribution in [0.2, 0.25) is 0 Å². The molecule has 9 nitrogen and oxygen atoms in total. The SMILES string of the molecule is COc1ccc(CCN(Cc2cc3cc(C)cc(C)c3[nH]c2=O)Cc2nnnn2C2CCCCC2)cc1OC. The van der Waals surface area contributed by atoms with Crippen LogP contribution in [0.25, 0.3) is 10.9 Å². The lowest BCUT2D eigenvalue weighted by Crippen LogP contribution is -2.30. The van der Waals surface area contributed by atoms with Crippen molar-refractivity contribution < 1.29 is 9.47 Å². The number of tetrazole rings is 1. The largest absolute Gasteiger partial charge is 0.493 e. The van der Waals surface area contributed by atoms with Gasteiger partial charge >= 0.3 is 0 Å². The van der Waals surface area contributed by atoms with Gasteiger partial charge in [-0.05, 0) is 84.3 Å². The summed E-state index contributed by atoms with van der Waals surface area (Å²) in [6.45, 7) is 5.88. The molecule has 0 amide bonds. The third-order valence-electron chi connectivity index (χ3n) is 7.78. The van der Waals surface area contributed by atoms with Crippen LogP contribution in [-0.2, 0) is 19.5 Å². The highest BCUT2D eigenvalue weighted by Crippen LogP contribution is 2.29. The molecule has 1 N–H and O–H groups in total. The van der Waals surface area contributed by atoms with E-state index in [2.05, 4.69) is 50.5 Å². The predicted octanol–water partition coefficient (Wildman–Crippen LogP) is 4.90. The molecule has 2 aromatic heterocycles. The Labute approximate surface area is 229 Å².